The lowest BCUT2D eigenvalue weighted by Gasteiger charge is -2.24. The standard InChI is InChI=1S/C54H104N6O8/c1-3-5-7-9-11-13-15-17-19-21-23-25-27-29-31-35-43-60(44-36-32-30-28-26-24-22-20-18-16-14-12-10-8-6-4-2)49(61)45-58-54(68)48(59-53(67)47(56)39-41-51(64)65)37-33-34-42-57-52(66)46(55)38-40-50(62)63/h46-48H,3-45,55-56H2,1-2H3,(H,57,66)(H,58,68)(H,59,67)(H,62,63)(H,64,65)/t46-,47-,48-/m0/s1. The second-order valence-electron chi connectivity index (χ2n) is 19.6. The van der Waals surface area contributed by atoms with Crippen LogP contribution in [0.15, 0.2) is 0 Å². The van der Waals surface area contributed by atoms with Crippen molar-refractivity contribution in [2.75, 3.05) is 26.2 Å². The van der Waals surface area contributed by atoms with Crippen LogP contribution in [0, 0.1) is 0 Å². The molecule has 68 heavy (non-hydrogen) atoms. The van der Waals surface area contributed by atoms with E-state index in [-0.39, 0.29) is 51.1 Å². The summed E-state index contributed by atoms with van der Waals surface area (Å²) in [6.07, 6.45) is 41.3. The number of carbonyl (C=O) groups is 6. The zero-order valence-electron chi connectivity index (χ0n) is 43.6. The first-order valence-electron chi connectivity index (χ1n) is 28.0. The highest BCUT2D eigenvalue weighted by Gasteiger charge is 2.25. The summed E-state index contributed by atoms with van der Waals surface area (Å²) in [6.45, 7) is 5.82. The predicted octanol–water partition coefficient (Wildman–Crippen LogP) is 10.6. The maximum Gasteiger partial charge on any atom is 0.303 e. The lowest BCUT2D eigenvalue weighted by Crippen LogP contribution is -2.53. The van der Waals surface area contributed by atoms with Crippen molar-refractivity contribution in [1.29, 1.82) is 0 Å². The van der Waals surface area contributed by atoms with E-state index in [2.05, 4.69) is 29.8 Å². The normalized spacial score (nSPS) is 12.6. The van der Waals surface area contributed by atoms with Gasteiger partial charge in [-0.2, -0.15) is 0 Å². The minimum atomic E-state index is -1.13. The SMILES string of the molecule is CCCCCCCCCCCCCCCCCCN(CCCCCCCCCCCCCCCCCC)C(=O)CNC(=O)[C@H](CCCCNC(=O)[C@@H](N)CCC(=O)O)NC(=O)[C@@H](N)CCC(=O)O. The quantitative estimate of drug-likeness (QED) is 0.0285. The number of nitrogens with zero attached hydrogens (tertiary/aromatic N) is 1. The lowest BCUT2D eigenvalue weighted by atomic mass is 10.0. The fourth-order valence-corrected chi connectivity index (χ4v) is 8.64. The molecule has 0 aromatic rings. The summed E-state index contributed by atoms with van der Waals surface area (Å²) in [7, 11) is 0. The van der Waals surface area contributed by atoms with Crippen LogP contribution < -0.4 is 27.4 Å². The van der Waals surface area contributed by atoms with Gasteiger partial charge in [0.25, 0.3) is 0 Å². The summed E-state index contributed by atoms with van der Waals surface area (Å²) in [4.78, 5) is 76.2. The van der Waals surface area contributed by atoms with Crippen LogP contribution in [0.2, 0.25) is 0 Å². The highest BCUT2D eigenvalue weighted by molar-refractivity contribution is 5.92. The first-order chi connectivity index (χ1) is 32.9. The Morgan fingerprint density at radius 3 is 1.10 bits per heavy atom. The molecule has 0 bridgehead atoms. The first-order valence-corrected chi connectivity index (χ1v) is 28.0. The number of hydrogen-bond acceptors (Lipinski definition) is 8. The van der Waals surface area contributed by atoms with E-state index in [0.717, 1.165) is 38.5 Å². The van der Waals surface area contributed by atoms with Gasteiger partial charge >= 0.3 is 11.9 Å². The maximum absolute atomic E-state index is 13.7. The topological polar surface area (TPSA) is 234 Å². The molecule has 3 atom stereocenters. The third-order valence-electron chi connectivity index (χ3n) is 13.2. The van der Waals surface area contributed by atoms with Crippen LogP contribution in [-0.2, 0) is 28.8 Å². The molecule has 0 saturated carbocycles. The van der Waals surface area contributed by atoms with E-state index in [4.69, 9.17) is 21.7 Å². The highest BCUT2D eigenvalue weighted by Crippen LogP contribution is 2.16. The van der Waals surface area contributed by atoms with Gasteiger partial charge in [-0.1, -0.05) is 206 Å². The van der Waals surface area contributed by atoms with E-state index in [1.807, 2.05) is 4.90 Å². The van der Waals surface area contributed by atoms with E-state index in [1.54, 1.807) is 0 Å². The summed E-state index contributed by atoms with van der Waals surface area (Å²) >= 11 is 0. The molecule has 0 aromatic carbocycles. The average Bonchev–Trinajstić information content (AvgIpc) is 3.32. The third kappa shape index (κ3) is 41.7. The number of rotatable bonds is 51. The molecule has 0 rings (SSSR count). The maximum atomic E-state index is 13.7. The van der Waals surface area contributed by atoms with E-state index in [1.165, 1.54) is 167 Å². The Bertz CT molecular complexity index is 1240. The Kier molecular flexibility index (Phi) is 45.1. The molecule has 14 nitrogen and oxygen atoms in total. The number of carboxylic acids is 2. The average molecular weight is 965 g/mol. The van der Waals surface area contributed by atoms with Crippen molar-refractivity contribution >= 4 is 35.6 Å². The molecule has 398 valence electrons. The van der Waals surface area contributed by atoms with Crippen LogP contribution in [0.4, 0.5) is 0 Å². The van der Waals surface area contributed by atoms with Gasteiger partial charge in [0.2, 0.25) is 23.6 Å². The molecule has 9 N–H and O–H groups in total. The molecule has 0 heterocycles. The molecular formula is C54H104N6O8. The first kappa shape index (κ1) is 64.7. The smallest absolute Gasteiger partial charge is 0.303 e. The molecule has 0 fully saturated rings. The van der Waals surface area contributed by atoms with Crippen molar-refractivity contribution in [2.45, 2.75) is 282 Å². The molecule has 0 aliphatic carbocycles. The van der Waals surface area contributed by atoms with Crippen molar-refractivity contribution in [3.8, 4) is 0 Å². The van der Waals surface area contributed by atoms with Crippen LogP contribution in [-0.4, -0.2) is 95.0 Å². The van der Waals surface area contributed by atoms with Crippen molar-refractivity contribution in [1.82, 2.24) is 20.9 Å². The zero-order valence-corrected chi connectivity index (χ0v) is 43.6. The third-order valence-corrected chi connectivity index (χ3v) is 13.2. The number of aliphatic carboxylic acids is 2. The van der Waals surface area contributed by atoms with Crippen LogP contribution >= 0.6 is 0 Å². The fourth-order valence-electron chi connectivity index (χ4n) is 8.64. The Hall–Kier alpha value is -3.26. The minimum absolute atomic E-state index is 0.00669. The van der Waals surface area contributed by atoms with Gasteiger partial charge < -0.3 is 42.5 Å². The second kappa shape index (κ2) is 47.4. The molecule has 0 aromatic heterocycles. The van der Waals surface area contributed by atoms with Crippen molar-refractivity contribution in [3.05, 3.63) is 0 Å². The second-order valence-corrected chi connectivity index (χ2v) is 19.6. The number of amides is 4. The van der Waals surface area contributed by atoms with Gasteiger partial charge in [-0.3, -0.25) is 28.8 Å². The monoisotopic (exact) mass is 965 g/mol. The number of carboxylic acid groups (broad SMARTS) is 2. The Morgan fingerprint density at radius 1 is 0.412 bits per heavy atom. The van der Waals surface area contributed by atoms with Crippen molar-refractivity contribution < 1.29 is 39.0 Å². The highest BCUT2D eigenvalue weighted by atomic mass is 16.4. The zero-order chi connectivity index (χ0) is 50.3. The van der Waals surface area contributed by atoms with Gasteiger partial charge in [-0.05, 0) is 44.9 Å². The molecule has 14 heteroatoms. The summed E-state index contributed by atoms with van der Waals surface area (Å²) < 4.78 is 0. The van der Waals surface area contributed by atoms with Crippen LogP contribution in [0.5, 0.6) is 0 Å². The molecule has 0 spiro atoms. The summed E-state index contributed by atoms with van der Waals surface area (Å²) in [5, 5.41) is 26.0. The molecule has 0 aliphatic heterocycles. The number of nitrogens with two attached hydrogens (primary N) is 2. The Morgan fingerprint density at radius 2 is 0.750 bits per heavy atom. The predicted molar refractivity (Wildman–Crippen MR) is 277 cm³/mol. The summed E-state index contributed by atoms with van der Waals surface area (Å²) in [5.41, 5.74) is 11.7. The fraction of sp³-hybridized carbons (Fsp3) is 0.889. The van der Waals surface area contributed by atoms with Gasteiger partial charge in [0, 0.05) is 32.5 Å². The van der Waals surface area contributed by atoms with Crippen molar-refractivity contribution in [2.24, 2.45) is 11.5 Å². The van der Waals surface area contributed by atoms with Crippen LogP contribution in [0.1, 0.15) is 264 Å². The Labute approximate surface area is 414 Å². The van der Waals surface area contributed by atoms with Gasteiger partial charge in [-0.25, -0.2) is 0 Å². The van der Waals surface area contributed by atoms with Crippen molar-refractivity contribution in [3.63, 3.8) is 0 Å². The molecule has 4 amide bonds. The number of carbonyl (C=O) groups excluding carboxylic acids is 4. The lowest BCUT2D eigenvalue weighted by molar-refractivity contribution is -0.138. The summed E-state index contributed by atoms with van der Waals surface area (Å²) in [6, 6.07) is -3.13. The van der Waals surface area contributed by atoms with E-state index in [0.29, 0.717) is 25.9 Å². The largest absolute Gasteiger partial charge is 0.481 e. The molecule has 0 unspecified atom stereocenters. The Balaban J connectivity index is 5.09. The van der Waals surface area contributed by atoms with Gasteiger partial charge in [0.1, 0.15) is 6.04 Å². The van der Waals surface area contributed by atoms with Gasteiger partial charge in [0.05, 0.1) is 18.6 Å². The minimum Gasteiger partial charge on any atom is -0.481 e. The summed E-state index contributed by atoms with van der Waals surface area (Å²) in [5.74, 6) is -3.96. The van der Waals surface area contributed by atoms with E-state index < -0.39 is 47.8 Å². The van der Waals surface area contributed by atoms with Crippen LogP contribution in [0.3, 0.4) is 0 Å². The number of hydrogen-bond donors (Lipinski definition) is 7. The number of unbranched alkanes of at least 4 members (excludes halogenated alkanes) is 31. The molecular weight excluding hydrogens is 861 g/mol. The van der Waals surface area contributed by atoms with E-state index >= 15 is 0 Å². The molecule has 0 radical (unpaired) electrons. The number of nitrogens with one attached hydrogen (secondary N) is 3. The van der Waals surface area contributed by atoms with Gasteiger partial charge in [-0.15, -0.1) is 0 Å². The van der Waals surface area contributed by atoms with Crippen LogP contribution in [0.25, 0.3) is 0 Å². The van der Waals surface area contributed by atoms with Gasteiger partial charge in [0.15, 0.2) is 0 Å². The molecule has 0 aliphatic rings. The molecule has 0 saturated heterocycles. The van der Waals surface area contributed by atoms with E-state index in [9.17, 15) is 28.8 Å².